The summed E-state index contributed by atoms with van der Waals surface area (Å²) in [5.74, 6) is -8.66. The fraction of sp³-hybridized carbons (Fsp3) is 0.800. The van der Waals surface area contributed by atoms with Crippen LogP contribution in [0.5, 0.6) is 0 Å². The monoisotopic (exact) mass is 1160 g/mol. The molecule has 22 atom stereocenters. The van der Waals surface area contributed by atoms with Gasteiger partial charge in [-0.15, -0.1) is 0 Å². The van der Waals surface area contributed by atoms with E-state index in [9.17, 15) is 70.6 Å². The van der Waals surface area contributed by atoms with E-state index in [0.29, 0.717) is 5.96 Å². The maximum Gasteiger partial charge on any atom is 0.317 e. The largest absolute Gasteiger partial charge is 0.481 e. The van der Waals surface area contributed by atoms with Gasteiger partial charge in [-0.2, -0.15) is 0 Å². The van der Waals surface area contributed by atoms with Crippen molar-refractivity contribution in [2.45, 2.75) is 237 Å². The summed E-state index contributed by atoms with van der Waals surface area (Å²) in [4.78, 5) is 41.9. The lowest BCUT2D eigenvalue weighted by Crippen LogP contribution is -2.61. The van der Waals surface area contributed by atoms with Crippen molar-refractivity contribution in [2.75, 3.05) is 20.7 Å². The standard InChI is InChI=1S/C60H105N3O18/c1-35(19-15-13-11-12-14-18-26-63-59(61)62-9)27-39(5)56-38(4)20-16-17-21-46(65)40(6)50(69)29-43(64)28-44(79-55(75)33-54(73)74)30-45-31-52(71)57(76)60(78-10,81-45)34-53(72)37(3)23-24-47(66)41(7)51(70)32-49(68)36(2)22-25-48(67)42(8)58(77)80-56/h11-12,16-17,20-22,25,35-53,56-57,64-72,76H,13-15,18-19,23-24,26-34H2,1-10H3,(H,73,74)(H3,61,62,63)/b12-11+,20-16-,21-17-,25-22-/t35-,36-,37-,38-,39-,40+,41+,42+,43-,44-,45+,46+,47-,48+,49+,50+,51-,52-,53+,56-,57+,60-/m0/s1. The Morgan fingerprint density at radius 3 is 2.05 bits per heavy atom. The lowest BCUT2D eigenvalue weighted by Gasteiger charge is -2.47. The molecule has 2 aliphatic rings. The molecule has 1 saturated heterocycles. The van der Waals surface area contributed by atoms with Crippen LogP contribution >= 0.6 is 0 Å². The minimum Gasteiger partial charge on any atom is -0.481 e. The van der Waals surface area contributed by atoms with Crippen LogP contribution in [0.3, 0.4) is 0 Å². The number of carboxylic acid groups (broad SMARTS) is 1. The van der Waals surface area contributed by atoms with Crippen molar-refractivity contribution in [2.24, 2.45) is 58.1 Å². The number of aliphatic imine (C=N–C) groups is 1. The number of nitrogens with two attached hydrogens (primary N) is 1. The average molecular weight is 1160 g/mol. The molecule has 81 heavy (non-hydrogen) atoms. The van der Waals surface area contributed by atoms with Gasteiger partial charge < -0.3 is 86.2 Å². The number of carbonyl (C=O) groups excluding carboxylic acids is 2. The normalized spacial score (nSPS) is 38.6. The number of hydrogen-bond acceptors (Lipinski definition) is 18. The van der Waals surface area contributed by atoms with E-state index in [1.807, 2.05) is 19.9 Å². The van der Waals surface area contributed by atoms with Gasteiger partial charge in [0.1, 0.15) is 24.7 Å². The second kappa shape index (κ2) is 37.5. The summed E-state index contributed by atoms with van der Waals surface area (Å²) in [5, 5.41) is 125. The minimum absolute atomic E-state index is 0.115. The number of nitrogens with zero attached hydrogens (tertiary/aromatic N) is 1. The number of carboxylic acids is 1. The van der Waals surface area contributed by atoms with Gasteiger partial charge in [-0.3, -0.25) is 19.4 Å². The van der Waals surface area contributed by atoms with Gasteiger partial charge in [-0.25, -0.2) is 0 Å². The van der Waals surface area contributed by atoms with Crippen molar-refractivity contribution in [1.82, 2.24) is 5.32 Å². The zero-order valence-electron chi connectivity index (χ0n) is 49.9. The summed E-state index contributed by atoms with van der Waals surface area (Å²) >= 11 is 0. The number of hydrogen-bond donors (Lipinski definition) is 13. The zero-order chi connectivity index (χ0) is 61.1. The minimum atomic E-state index is -2.00. The van der Waals surface area contributed by atoms with Gasteiger partial charge in [0.05, 0.1) is 67.0 Å². The highest BCUT2D eigenvalue weighted by atomic mass is 16.7. The second-order valence-electron chi connectivity index (χ2n) is 23.5. The summed E-state index contributed by atoms with van der Waals surface area (Å²) in [6.07, 6.45) is 1.39. The van der Waals surface area contributed by atoms with E-state index in [2.05, 4.69) is 29.4 Å². The third-order valence-corrected chi connectivity index (χ3v) is 16.5. The van der Waals surface area contributed by atoms with Crippen LogP contribution in [-0.4, -0.2) is 186 Å². The van der Waals surface area contributed by atoms with Gasteiger partial charge in [0.15, 0.2) is 11.7 Å². The summed E-state index contributed by atoms with van der Waals surface area (Å²) in [5.41, 5.74) is 5.69. The summed E-state index contributed by atoms with van der Waals surface area (Å²) in [7, 11) is 2.85. The number of fused-ring (bicyclic) bond motifs is 2. The van der Waals surface area contributed by atoms with Gasteiger partial charge in [0.2, 0.25) is 0 Å². The number of nitrogens with one attached hydrogen (secondary N) is 1. The number of aliphatic hydroxyl groups is 10. The van der Waals surface area contributed by atoms with E-state index in [1.165, 1.54) is 19.3 Å². The van der Waals surface area contributed by atoms with Gasteiger partial charge >= 0.3 is 17.9 Å². The molecule has 14 N–H and O–H groups in total. The number of aliphatic hydroxyl groups excluding tert-OH is 10. The van der Waals surface area contributed by atoms with Crippen molar-refractivity contribution in [3.05, 3.63) is 48.6 Å². The molecular formula is C60H105N3O18. The van der Waals surface area contributed by atoms with E-state index in [-0.39, 0.29) is 69.1 Å². The number of cyclic esters (lactones) is 1. The Balaban J connectivity index is 2.46. The molecule has 0 amide bonds. The quantitative estimate of drug-likeness (QED) is 0.0276. The Kier molecular flexibility index (Phi) is 33.9. The number of guanidine groups is 1. The maximum absolute atomic E-state index is 13.9. The number of ether oxygens (including phenoxy) is 4. The highest BCUT2D eigenvalue weighted by Crippen LogP contribution is 2.38. The number of allylic oxidation sites excluding steroid dienone is 4. The number of unbranched alkanes of at least 4 members (excludes halogenated alkanes) is 2. The van der Waals surface area contributed by atoms with Gasteiger partial charge in [0.25, 0.3) is 0 Å². The molecule has 1 fully saturated rings. The molecule has 0 aromatic rings. The molecule has 0 saturated carbocycles. The average Bonchev–Trinajstić information content (AvgIpc) is 3.42. The van der Waals surface area contributed by atoms with Gasteiger partial charge in [0, 0.05) is 76.5 Å². The first-order valence-corrected chi connectivity index (χ1v) is 29.4. The van der Waals surface area contributed by atoms with Crippen LogP contribution in [0.15, 0.2) is 53.6 Å². The van der Waals surface area contributed by atoms with E-state index in [1.54, 1.807) is 59.9 Å². The molecule has 0 unspecified atom stereocenters. The molecule has 21 nitrogen and oxygen atoms in total. The predicted octanol–water partition coefficient (Wildman–Crippen LogP) is 3.96. The fourth-order valence-corrected chi connectivity index (χ4v) is 10.6. The van der Waals surface area contributed by atoms with Crippen LogP contribution in [0, 0.1) is 47.3 Å². The molecule has 0 aromatic heterocycles. The SMILES string of the molecule is CN=C(N)NCCC/C=C/CCC[C@H](C)C[C@H](C)[C@H]1OC(=O)[C@H](C)[C@H](O)/C=C\[C@H](C)[C@H](O)C[C@H](O)[C@H](C)[C@@H](O)CC[C@H](C)[C@H](O)C[C@]2(OC)O[C@H](C[C@@H](OC(=O)CC(=O)O)C[C@H](O)C[C@@H](O)[C@H](C)[C@H](O)/C=C\C=C/[C@@H]1C)C[C@H](O)[C@H]2O. The molecule has 468 valence electrons. The van der Waals surface area contributed by atoms with Gasteiger partial charge in [-0.05, 0) is 76.0 Å². The number of methoxy groups -OCH3 is 1. The molecular weight excluding hydrogens is 1050 g/mol. The number of aliphatic carboxylic acids is 1. The Labute approximate surface area is 481 Å². The van der Waals surface area contributed by atoms with E-state index in [4.69, 9.17) is 24.7 Å². The van der Waals surface area contributed by atoms with E-state index >= 15 is 0 Å². The van der Waals surface area contributed by atoms with Crippen molar-refractivity contribution < 1.29 is 89.5 Å². The van der Waals surface area contributed by atoms with Gasteiger partial charge in [-0.1, -0.05) is 103 Å². The maximum atomic E-state index is 13.9. The van der Waals surface area contributed by atoms with Crippen molar-refractivity contribution >= 4 is 23.9 Å². The van der Waals surface area contributed by atoms with Crippen molar-refractivity contribution in [3.8, 4) is 0 Å². The second-order valence-corrected chi connectivity index (χ2v) is 23.5. The predicted molar refractivity (Wildman–Crippen MR) is 307 cm³/mol. The van der Waals surface area contributed by atoms with Crippen molar-refractivity contribution in [1.29, 1.82) is 0 Å². The third-order valence-electron chi connectivity index (χ3n) is 16.5. The molecule has 0 aliphatic carbocycles. The molecule has 2 bridgehead atoms. The molecule has 0 spiro atoms. The van der Waals surface area contributed by atoms with Crippen LogP contribution in [0.25, 0.3) is 0 Å². The van der Waals surface area contributed by atoms with Crippen LogP contribution in [0.4, 0.5) is 0 Å². The van der Waals surface area contributed by atoms with Crippen LogP contribution in [0.2, 0.25) is 0 Å². The molecule has 2 aliphatic heterocycles. The molecule has 21 heteroatoms. The van der Waals surface area contributed by atoms with Crippen LogP contribution in [-0.2, 0) is 33.3 Å². The fourth-order valence-electron chi connectivity index (χ4n) is 10.6. The van der Waals surface area contributed by atoms with Crippen LogP contribution < -0.4 is 11.1 Å². The van der Waals surface area contributed by atoms with E-state index < -0.39 is 139 Å². The highest BCUT2D eigenvalue weighted by Gasteiger charge is 2.52. The Bertz CT molecular complexity index is 1970. The molecule has 2 heterocycles. The zero-order valence-corrected chi connectivity index (χ0v) is 49.9. The highest BCUT2D eigenvalue weighted by molar-refractivity contribution is 5.90. The Morgan fingerprint density at radius 1 is 0.765 bits per heavy atom. The van der Waals surface area contributed by atoms with E-state index in [0.717, 1.165) is 45.1 Å². The van der Waals surface area contributed by atoms with Crippen LogP contribution in [0.1, 0.15) is 152 Å². The first kappa shape index (κ1) is 73.3. The first-order chi connectivity index (χ1) is 38.0. The Morgan fingerprint density at radius 2 is 1.41 bits per heavy atom. The lowest BCUT2D eigenvalue weighted by molar-refractivity contribution is -0.343. The summed E-state index contributed by atoms with van der Waals surface area (Å²) in [6, 6.07) is 0. The summed E-state index contributed by atoms with van der Waals surface area (Å²) in [6.45, 7) is 15.0. The smallest absolute Gasteiger partial charge is 0.317 e. The van der Waals surface area contributed by atoms with Crippen molar-refractivity contribution in [3.63, 3.8) is 0 Å². The number of esters is 2. The number of carbonyl (C=O) groups is 3. The molecule has 2 rings (SSSR count). The first-order valence-electron chi connectivity index (χ1n) is 29.4. The molecule has 0 aromatic carbocycles. The number of rotatable bonds is 15. The third kappa shape index (κ3) is 26.3. The lowest BCUT2D eigenvalue weighted by atomic mass is 9.83. The molecule has 0 radical (unpaired) electrons. The summed E-state index contributed by atoms with van der Waals surface area (Å²) < 4.78 is 23.7. The topological polar surface area (TPSA) is 361 Å². The Hall–Kier alpha value is -3.84.